The van der Waals surface area contributed by atoms with Crippen molar-refractivity contribution in [3.63, 3.8) is 0 Å². The van der Waals surface area contributed by atoms with Crippen molar-refractivity contribution < 1.29 is 4.74 Å². The van der Waals surface area contributed by atoms with E-state index in [4.69, 9.17) is 4.74 Å². The van der Waals surface area contributed by atoms with Gasteiger partial charge in [-0.15, -0.1) is 0 Å². The number of thioether (sulfide) groups is 1. The summed E-state index contributed by atoms with van der Waals surface area (Å²) in [6.07, 6.45) is 2.28. The average Bonchev–Trinajstić information content (AvgIpc) is 2.52. The first kappa shape index (κ1) is 15.4. The molecule has 0 fully saturated rings. The monoisotopic (exact) mass is 326 g/mol. The molecular weight excluding hydrogens is 304 g/mol. The minimum Gasteiger partial charge on any atom is -0.457 e. The molecule has 0 radical (unpaired) electrons. The molecule has 1 unspecified atom stereocenters. The van der Waals surface area contributed by atoms with E-state index in [1.165, 1.54) is 10.9 Å². The number of ether oxygens (including phenoxy) is 1. The highest BCUT2D eigenvalue weighted by atomic mass is 32.2. The molecule has 2 aromatic rings. The SMILES string of the molecule is C[Si](C)(C)CSC1C=C(c2ccccc2)Oc2ccccc21. The lowest BCUT2D eigenvalue weighted by Gasteiger charge is -2.26. The van der Waals surface area contributed by atoms with Gasteiger partial charge < -0.3 is 4.74 Å². The summed E-state index contributed by atoms with van der Waals surface area (Å²) in [5.74, 6) is 1.98. The summed E-state index contributed by atoms with van der Waals surface area (Å²) in [5, 5.41) is 1.64. The molecular formula is C19H22OSSi. The van der Waals surface area contributed by atoms with Crippen molar-refractivity contribution >= 4 is 25.6 Å². The van der Waals surface area contributed by atoms with Crippen LogP contribution < -0.4 is 4.74 Å². The maximum Gasteiger partial charge on any atom is 0.132 e. The number of rotatable bonds is 4. The molecule has 1 heterocycles. The second kappa shape index (κ2) is 6.35. The summed E-state index contributed by atoms with van der Waals surface area (Å²) < 4.78 is 6.14. The standard InChI is InChI=1S/C19H22OSSi/c1-22(2,3)14-21-19-13-18(15-9-5-4-6-10-15)20-17-12-8-7-11-16(17)19/h4-13,19H,14H2,1-3H3. The van der Waals surface area contributed by atoms with Crippen LogP contribution in [-0.2, 0) is 0 Å². The molecule has 0 N–H and O–H groups in total. The summed E-state index contributed by atoms with van der Waals surface area (Å²) in [5.41, 5.74) is 2.45. The lowest BCUT2D eigenvalue weighted by Crippen LogP contribution is -2.24. The largest absolute Gasteiger partial charge is 0.457 e. The van der Waals surface area contributed by atoms with Crippen LogP contribution in [0.4, 0.5) is 0 Å². The van der Waals surface area contributed by atoms with Gasteiger partial charge in [-0.3, -0.25) is 0 Å². The highest BCUT2D eigenvalue weighted by Crippen LogP contribution is 2.43. The smallest absolute Gasteiger partial charge is 0.132 e. The number of hydrogen-bond donors (Lipinski definition) is 0. The third-order valence-corrected chi connectivity index (χ3v) is 8.38. The Hall–Kier alpha value is -1.45. The molecule has 2 aromatic carbocycles. The highest BCUT2D eigenvalue weighted by Gasteiger charge is 2.24. The maximum absolute atomic E-state index is 6.14. The molecule has 1 nitrogen and oxygen atoms in total. The van der Waals surface area contributed by atoms with Gasteiger partial charge in [0.15, 0.2) is 0 Å². The van der Waals surface area contributed by atoms with Crippen molar-refractivity contribution in [2.24, 2.45) is 0 Å². The van der Waals surface area contributed by atoms with Crippen LogP contribution in [0.3, 0.4) is 0 Å². The summed E-state index contributed by atoms with van der Waals surface area (Å²) in [6, 6.07) is 18.8. The molecule has 22 heavy (non-hydrogen) atoms. The van der Waals surface area contributed by atoms with Crippen molar-refractivity contribution in [1.82, 2.24) is 0 Å². The Morgan fingerprint density at radius 1 is 0.955 bits per heavy atom. The number of benzene rings is 2. The second-order valence-corrected chi connectivity index (χ2v) is 13.9. The normalized spacial score (nSPS) is 17.4. The lowest BCUT2D eigenvalue weighted by atomic mass is 10.0. The van der Waals surface area contributed by atoms with Crippen molar-refractivity contribution in [2.45, 2.75) is 24.9 Å². The Labute approximate surface area is 138 Å². The van der Waals surface area contributed by atoms with Gasteiger partial charge in [0.05, 0.1) is 13.3 Å². The minimum absolute atomic E-state index is 0.381. The molecule has 0 amide bonds. The fourth-order valence-corrected chi connectivity index (χ4v) is 5.74. The van der Waals surface area contributed by atoms with Gasteiger partial charge in [0.1, 0.15) is 11.5 Å². The van der Waals surface area contributed by atoms with Gasteiger partial charge in [0.2, 0.25) is 0 Å². The van der Waals surface area contributed by atoms with Crippen LogP contribution >= 0.6 is 11.8 Å². The summed E-state index contributed by atoms with van der Waals surface area (Å²) in [7, 11) is -1.07. The van der Waals surface area contributed by atoms with Crippen LogP contribution in [0.5, 0.6) is 5.75 Å². The van der Waals surface area contributed by atoms with Crippen molar-refractivity contribution in [2.75, 3.05) is 5.38 Å². The average molecular weight is 327 g/mol. The molecule has 114 valence electrons. The Balaban J connectivity index is 1.92. The van der Waals surface area contributed by atoms with Crippen molar-refractivity contribution in [3.05, 3.63) is 71.8 Å². The Kier molecular flexibility index (Phi) is 4.46. The summed E-state index contributed by atoms with van der Waals surface area (Å²) >= 11 is 2.05. The molecule has 0 aromatic heterocycles. The van der Waals surface area contributed by atoms with E-state index in [9.17, 15) is 0 Å². The van der Waals surface area contributed by atoms with E-state index in [0.29, 0.717) is 5.25 Å². The first-order valence-electron chi connectivity index (χ1n) is 7.68. The fraction of sp³-hybridized carbons (Fsp3) is 0.263. The number of hydrogen-bond acceptors (Lipinski definition) is 2. The molecule has 0 saturated carbocycles. The van der Waals surface area contributed by atoms with Crippen LogP contribution in [0, 0.1) is 0 Å². The molecule has 0 bridgehead atoms. The van der Waals surface area contributed by atoms with E-state index in [-0.39, 0.29) is 0 Å². The summed E-state index contributed by atoms with van der Waals surface area (Å²) in [4.78, 5) is 0. The number of para-hydroxylation sites is 1. The molecule has 1 atom stereocenters. The fourth-order valence-electron chi connectivity index (χ4n) is 2.42. The van der Waals surface area contributed by atoms with Gasteiger partial charge in [0, 0.05) is 11.1 Å². The van der Waals surface area contributed by atoms with E-state index >= 15 is 0 Å². The molecule has 3 rings (SSSR count). The third-order valence-electron chi connectivity index (χ3n) is 3.50. The van der Waals surface area contributed by atoms with Gasteiger partial charge in [-0.2, -0.15) is 11.8 Å². The van der Waals surface area contributed by atoms with Gasteiger partial charge in [-0.1, -0.05) is 68.2 Å². The van der Waals surface area contributed by atoms with E-state index in [2.05, 4.69) is 79.9 Å². The predicted molar refractivity (Wildman–Crippen MR) is 100 cm³/mol. The predicted octanol–water partition coefficient (Wildman–Crippen LogP) is 5.77. The first-order chi connectivity index (χ1) is 10.5. The van der Waals surface area contributed by atoms with E-state index in [1.807, 2.05) is 12.1 Å². The van der Waals surface area contributed by atoms with Crippen LogP contribution in [0.1, 0.15) is 16.4 Å². The van der Waals surface area contributed by atoms with E-state index in [1.54, 1.807) is 0 Å². The topological polar surface area (TPSA) is 9.23 Å². The Morgan fingerprint density at radius 2 is 1.64 bits per heavy atom. The quantitative estimate of drug-likeness (QED) is 0.659. The molecule has 0 saturated heterocycles. The van der Waals surface area contributed by atoms with Crippen LogP contribution in [-0.4, -0.2) is 13.5 Å². The van der Waals surface area contributed by atoms with Crippen molar-refractivity contribution in [1.29, 1.82) is 0 Å². The third kappa shape index (κ3) is 3.65. The van der Waals surface area contributed by atoms with Crippen LogP contribution in [0.25, 0.3) is 5.76 Å². The van der Waals surface area contributed by atoms with Gasteiger partial charge in [-0.05, 0) is 17.5 Å². The van der Waals surface area contributed by atoms with Crippen LogP contribution in [0.15, 0.2) is 60.7 Å². The second-order valence-electron chi connectivity index (χ2n) is 6.83. The highest BCUT2D eigenvalue weighted by molar-refractivity contribution is 8.01. The maximum atomic E-state index is 6.14. The lowest BCUT2D eigenvalue weighted by molar-refractivity contribution is 0.497. The molecule has 0 spiro atoms. The van der Waals surface area contributed by atoms with E-state index < -0.39 is 8.07 Å². The van der Waals surface area contributed by atoms with E-state index in [0.717, 1.165) is 17.1 Å². The zero-order chi connectivity index (χ0) is 15.6. The molecule has 3 heteroatoms. The first-order valence-corrected chi connectivity index (χ1v) is 12.4. The van der Waals surface area contributed by atoms with Crippen molar-refractivity contribution in [3.8, 4) is 5.75 Å². The van der Waals surface area contributed by atoms with Crippen LogP contribution in [0.2, 0.25) is 19.6 Å². The van der Waals surface area contributed by atoms with Gasteiger partial charge >= 0.3 is 0 Å². The van der Waals surface area contributed by atoms with Gasteiger partial charge in [0.25, 0.3) is 0 Å². The zero-order valence-corrected chi connectivity index (χ0v) is 15.2. The summed E-state index contributed by atoms with van der Waals surface area (Å²) in [6.45, 7) is 7.27. The zero-order valence-electron chi connectivity index (χ0n) is 13.4. The van der Waals surface area contributed by atoms with Gasteiger partial charge in [-0.25, -0.2) is 0 Å². The Bertz CT molecular complexity index is 673. The minimum atomic E-state index is -1.07. The number of fused-ring (bicyclic) bond motifs is 1. The molecule has 0 aliphatic carbocycles. The Morgan fingerprint density at radius 3 is 2.36 bits per heavy atom. The molecule has 1 aliphatic heterocycles. The molecule has 1 aliphatic rings.